The molecule has 0 aliphatic carbocycles. The SMILES string of the molecule is CCCNC(CS(=O)CC)c1cc(C)ccc1OC. The fraction of sp³-hybridized carbons (Fsp3) is 0.600. The van der Waals surface area contributed by atoms with Crippen molar-refractivity contribution in [3.63, 3.8) is 0 Å². The van der Waals surface area contributed by atoms with Crippen LogP contribution >= 0.6 is 0 Å². The van der Waals surface area contributed by atoms with Gasteiger partial charge in [0.1, 0.15) is 5.75 Å². The van der Waals surface area contributed by atoms with E-state index in [0.29, 0.717) is 11.5 Å². The lowest BCUT2D eigenvalue weighted by Gasteiger charge is -2.21. The maximum absolute atomic E-state index is 11.9. The molecular weight excluding hydrogens is 258 g/mol. The third-order valence-electron chi connectivity index (χ3n) is 3.08. The van der Waals surface area contributed by atoms with Crippen LogP contribution in [0.1, 0.15) is 37.4 Å². The van der Waals surface area contributed by atoms with Crippen molar-refractivity contribution in [2.45, 2.75) is 33.2 Å². The molecule has 4 heteroatoms. The number of methoxy groups -OCH3 is 1. The fourth-order valence-electron chi connectivity index (χ4n) is 2.01. The van der Waals surface area contributed by atoms with Gasteiger partial charge in [-0.05, 0) is 26.0 Å². The summed E-state index contributed by atoms with van der Waals surface area (Å²) >= 11 is 0. The summed E-state index contributed by atoms with van der Waals surface area (Å²) in [6.45, 7) is 7.08. The van der Waals surface area contributed by atoms with Crippen molar-refractivity contribution in [2.24, 2.45) is 0 Å². The van der Waals surface area contributed by atoms with Gasteiger partial charge in [-0.3, -0.25) is 4.21 Å². The number of benzene rings is 1. The molecule has 0 bridgehead atoms. The summed E-state index contributed by atoms with van der Waals surface area (Å²) in [7, 11) is 0.886. The van der Waals surface area contributed by atoms with Gasteiger partial charge in [0.05, 0.1) is 7.11 Å². The zero-order chi connectivity index (χ0) is 14.3. The van der Waals surface area contributed by atoms with Gasteiger partial charge < -0.3 is 10.1 Å². The van der Waals surface area contributed by atoms with E-state index < -0.39 is 10.8 Å². The van der Waals surface area contributed by atoms with E-state index in [-0.39, 0.29) is 6.04 Å². The molecule has 1 rings (SSSR count). The topological polar surface area (TPSA) is 38.3 Å². The molecule has 3 nitrogen and oxygen atoms in total. The minimum atomic E-state index is -0.796. The summed E-state index contributed by atoms with van der Waals surface area (Å²) in [5, 5.41) is 3.48. The van der Waals surface area contributed by atoms with Gasteiger partial charge in [-0.25, -0.2) is 0 Å². The highest BCUT2D eigenvalue weighted by molar-refractivity contribution is 7.84. The van der Waals surface area contributed by atoms with E-state index in [1.807, 2.05) is 19.1 Å². The quantitative estimate of drug-likeness (QED) is 0.797. The lowest BCUT2D eigenvalue weighted by atomic mass is 10.0. The molecule has 2 unspecified atom stereocenters. The molecule has 108 valence electrons. The van der Waals surface area contributed by atoms with Crippen molar-refractivity contribution in [1.29, 1.82) is 0 Å². The molecule has 0 aromatic heterocycles. The van der Waals surface area contributed by atoms with Crippen molar-refractivity contribution in [3.05, 3.63) is 29.3 Å². The molecule has 1 aromatic carbocycles. The number of rotatable bonds is 8. The monoisotopic (exact) mass is 283 g/mol. The van der Waals surface area contributed by atoms with Crippen LogP contribution in [0.15, 0.2) is 18.2 Å². The summed E-state index contributed by atoms with van der Waals surface area (Å²) in [4.78, 5) is 0. The van der Waals surface area contributed by atoms with Gasteiger partial charge in [-0.2, -0.15) is 0 Å². The Morgan fingerprint density at radius 2 is 2.11 bits per heavy atom. The summed E-state index contributed by atoms with van der Waals surface area (Å²) in [5.41, 5.74) is 2.30. The summed E-state index contributed by atoms with van der Waals surface area (Å²) < 4.78 is 17.3. The summed E-state index contributed by atoms with van der Waals surface area (Å²) in [6.07, 6.45) is 1.06. The lowest BCUT2D eigenvalue weighted by Crippen LogP contribution is -2.28. The second-order valence-corrected chi connectivity index (χ2v) is 6.44. The molecule has 2 atom stereocenters. The highest BCUT2D eigenvalue weighted by Crippen LogP contribution is 2.27. The zero-order valence-corrected chi connectivity index (χ0v) is 13.2. The molecule has 0 fully saturated rings. The zero-order valence-electron chi connectivity index (χ0n) is 12.4. The molecule has 0 aliphatic heterocycles. The Hall–Kier alpha value is -0.870. The Kier molecular flexibility index (Phi) is 7.10. The predicted octanol–water partition coefficient (Wildman–Crippen LogP) is 2.81. The standard InChI is InChI=1S/C15H25NO2S/c1-5-9-16-14(11-19(17)6-2)13-10-12(3)7-8-15(13)18-4/h7-8,10,14,16H,5-6,9,11H2,1-4H3. The van der Waals surface area contributed by atoms with Crippen molar-refractivity contribution < 1.29 is 8.95 Å². The fourth-order valence-corrected chi connectivity index (χ4v) is 2.91. The second kappa shape index (κ2) is 8.33. The van der Waals surface area contributed by atoms with Gasteiger partial charge in [-0.1, -0.05) is 31.5 Å². The molecule has 1 aromatic rings. The molecule has 0 heterocycles. The van der Waals surface area contributed by atoms with E-state index in [4.69, 9.17) is 4.74 Å². The largest absolute Gasteiger partial charge is 0.496 e. The highest BCUT2D eigenvalue weighted by atomic mass is 32.2. The Balaban J connectivity index is 3.00. The predicted molar refractivity (Wildman–Crippen MR) is 82.3 cm³/mol. The Labute approximate surface area is 119 Å². The van der Waals surface area contributed by atoms with E-state index >= 15 is 0 Å². The van der Waals surface area contributed by atoms with Gasteiger partial charge in [0, 0.05) is 33.9 Å². The number of hydrogen-bond donors (Lipinski definition) is 1. The minimum absolute atomic E-state index is 0.0931. The number of ether oxygens (including phenoxy) is 1. The maximum Gasteiger partial charge on any atom is 0.123 e. The maximum atomic E-state index is 11.9. The third kappa shape index (κ3) is 4.96. The van der Waals surface area contributed by atoms with E-state index in [2.05, 4.69) is 25.2 Å². The Morgan fingerprint density at radius 3 is 2.68 bits per heavy atom. The first-order chi connectivity index (χ1) is 9.12. The van der Waals surface area contributed by atoms with Crippen molar-refractivity contribution >= 4 is 10.8 Å². The first-order valence-corrected chi connectivity index (χ1v) is 8.34. The molecule has 0 radical (unpaired) electrons. The number of aryl methyl sites for hydroxylation is 1. The molecular formula is C15H25NO2S. The van der Waals surface area contributed by atoms with Gasteiger partial charge in [0.2, 0.25) is 0 Å². The molecule has 0 spiro atoms. The van der Waals surface area contributed by atoms with Crippen LogP contribution < -0.4 is 10.1 Å². The minimum Gasteiger partial charge on any atom is -0.496 e. The second-order valence-electron chi connectivity index (χ2n) is 4.65. The lowest BCUT2D eigenvalue weighted by molar-refractivity contribution is 0.402. The normalized spacial score (nSPS) is 14.1. The van der Waals surface area contributed by atoms with Crippen LogP contribution in [0, 0.1) is 6.92 Å². The third-order valence-corrected chi connectivity index (χ3v) is 4.42. The van der Waals surface area contributed by atoms with Gasteiger partial charge in [0.25, 0.3) is 0 Å². The molecule has 0 amide bonds. The van der Waals surface area contributed by atoms with Gasteiger partial charge in [0.15, 0.2) is 0 Å². The molecule has 19 heavy (non-hydrogen) atoms. The molecule has 0 aliphatic rings. The molecule has 0 saturated heterocycles. The summed E-state index contributed by atoms with van der Waals surface area (Å²) in [6, 6.07) is 6.24. The van der Waals surface area contributed by atoms with Crippen molar-refractivity contribution in [2.75, 3.05) is 25.2 Å². The van der Waals surface area contributed by atoms with E-state index in [1.54, 1.807) is 7.11 Å². The molecule has 0 saturated carbocycles. The van der Waals surface area contributed by atoms with Crippen LogP contribution in [0.2, 0.25) is 0 Å². The Morgan fingerprint density at radius 1 is 1.37 bits per heavy atom. The first-order valence-electron chi connectivity index (χ1n) is 6.85. The van der Waals surface area contributed by atoms with Gasteiger partial charge >= 0.3 is 0 Å². The van der Waals surface area contributed by atoms with Gasteiger partial charge in [-0.15, -0.1) is 0 Å². The van der Waals surface area contributed by atoms with Crippen LogP contribution in [0.3, 0.4) is 0 Å². The average Bonchev–Trinajstić information content (AvgIpc) is 2.43. The van der Waals surface area contributed by atoms with Crippen LogP contribution in [0.5, 0.6) is 5.75 Å². The van der Waals surface area contributed by atoms with Crippen LogP contribution in [-0.2, 0) is 10.8 Å². The van der Waals surface area contributed by atoms with E-state index in [1.165, 1.54) is 5.56 Å². The van der Waals surface area contributed by atoms with Crippen molar-refractivity contribution in [3.8, 4) is 5.75 Å². The number of nitrogens with one attached hydrogen (secondary N) is 1. The Bertz CT molecular complexity index is 421. The van der Waals surface area contributed by atoms with E-state index in [9.17, 15) is 4.21 Å². The van der Waals surface area contributed by atoms with E-state index in [0.717, 1.165) is 24.3 Å². The number of hydrogen-bond acceptors (Lipinski definition) is 3. The molecule has 1 N–H and O–H groups in total. The first kappa shape index (κ1) is 16.2. The highest BCUT2D eigenvalue weighted by Gasteiger charge is 2.18. The van der Waals surface area contributed by atoms with Crippen LogP contribution in [-0.4, -0.2) is 29.4 Å². The average molecular weight is 283 g/mol. The smallest absolute Gasteiger partial charge is 0.123 e. The van der Waals surface area contributed by atoms with Crippen LogP contribution in [0.25, 0.3) is 0 Å². The summed E-state index contributed by atoms with van der Waals surface area (Å²) in [5.74, 6) is 2.20. The van der Waals surface area contributed by atoms with Crippen LogP contribution in [0.4, 0.5) is 0 Å². The van der Waals surface area contributed by atoms with Crippen molar-refractivity contribution in [1.82, 2.24) is 5.32 Å².